The average molecular weight is 559 g/mol. The highest BCUT2D eigenvalue weighted by atomic mass is 16.6. The van der Waals surface area contributed by atoms with E-state index in [9.17, 15) is 24.0 Å². The zero-order valence-corrected chi connectivity index (χ0v) is 24.9. The molecule has 40 heavy (non-hydrogen) atoms. The number of rotatable bonds is 8. The molecule has 1 fully saturated rings. The van der Waals surface area contributed by atoms with Crippen molar-refractivity contribution in [1.29, 1.82) is 0 Å². The number of amides is 5. The minimum atomic E-state index is -0.758. The number of esters is 1. The lowest BCUT2D eigenvalue weighted by atomic mass is 9.90. The molecule has 5 amide bonds. The number of nitrogens with zero attached hydrogens (tertiary/aromatic N) is 2. The van der Waals surface area contributed by atoms with Crippen LogP contribution in [0.2, 0.25) is 0 Å². The van der Waals surface area contributed by atoms with Gasteiger partial charge in [0.1, 0.15) is 24.3 Å². The molecule has 0 bridgehead atoms. The monoisotopic (exact) mass is 558 g/mol. The van der Waals surface area contributed by atoms with E-state index in [4.69, 9.17) is 9.47 Å². The number of hydrogen-bond donors (Lipinski definition) is 2. The van der Waals surface area contributed by atoms with Gasteiger partial charge in [-0.15, -0.1) is 0 Å². The van der Waals surface area contributed by atoms with Gasteiger partial charge in [-0.1, -0.05) is 32.1 Å². The predicted octanol–water partition coefficient (Wildman–Crippen LogP) is 4.23. The first-order valence-corrected chi connectivity index (χ1v) is 13.3. The van der Waals surface area contributed by atoms with Crippen molar-refractivity contribution in [2.24, 2.45) is 5.92 Å². The molecule has 11 nitrogen and oxygen atoms in total. The van der Waals surface area contributed by atoms with Crippen molar-refractivity contribution >= 4 is 35.6 Å². The summed E-state index contributed by atoms with van der Waals surface area (Å²) in [6, 6.07) is 5.81. The molecular formula is C29H42N4O7. The summed E-state index contributed by atoms with van der Waals surface area (Å²) in [5, 5.41) is 5.09. The van der Waals surface area contributed by atoms with Gasteiger partial charge in [-0.3, -0.25) is 14.4 Å². The van der Waals surface area contributed by atoms with Crippen LogP contribution in [0, 0.1) is 5.92 Å². The van der Waals surface area contributed by atoms with Gasteiger partial charge < -0.3 is 25.0 Å². The van der Waals surface area contributed by atoms with Crippen molar-refractivity contribution in [3.8, 4) is 0 Å². The number of hydrogen-bond acceptors (Lipinski definition) is 7. The molecule has 1 unspecified atom stereocenters. The van der Waals surface area contributed by atoms with E-state index in [1.165, 1.54) is 0 Å². The minimum absolute atomic E-state index is 0.0705. The Balaban J connectivity index is 2.15. The van der Waals surface area contributed by atoms with Gasteiger partial charge in [0.05, 0.1) is 6.04 Å². The number of carbonyl (C=O) groups is 5. The van der Waals surface area contributed by atoms with E-state index in [-0.39, 0.29) is 19.0 Å². The van der Waals surface area contributed by atoms with Crippen LogP contribution in [0.1, 0.15) is 67.9 Å². The second kappa shape index (κ2) is 13.0. The van der Waals surface area contributed by atoms with Gasteiger partial charge in [0.2, 0.25) is 5.91 Å². The lowest BCUT2D eigenvalue weighted by molar-refractivity contribution is -0.157. The molecule has 0 saturated carbocycles. The number of urea groups is 1. The Morgan fingerprint density at radius 2 is 1.55 bits per heavy atom. The highest BCUT2D eigenvalue weighted by molar-refractivity contribution is 6.09. The van der Waals surface area contributed by atoms with Gasteiger partial charge in [0, 0.05) is 17.8 Å². The molecule has 0 aromatic heterocycles. The van der Waals surface area contributed by atoms with Crippen molar-refractivity contribution in [3.63, 3.8) is 0 Å². The van der Waals surface area contributed by atoms with Crippen molar-refractivity contribution in [1.82, 2.24) is 15.1 Å². The summed E-state index contributed by atoms with van der Waals surface area (Å²) in [5.74, 6) is -1.68. The SMILES string of the molecule is C/C=C1\C(=O)N(CC(=O)OC(C)(C)C)C(=O)N(Cc2ccc(NC(=O)CNC(=O)OC(C)(C)C)cc2)C1C(C)C. The third kappa shape index (κ3) is 9.39. The second-order valence-electron chi connectivity index (χ2n) is 11.9. The van der Waals surface area contributed by atoms with E-state index in [2.05, 4.69) is 10.6 Å². The lowest BCUT2D eigenvalue weighted by Crippen LogP contribution is -2.60. The van der Waals surface area contributed by atoms with E-state index >= 15 is 0 Å². The number of nitrogens with one attached hydrogen (secondary N) is 2. The first-order chi connectivity index (χ1) is 18.4. The van der Waals surface area contributed by atoms with Gasteiger partial charge in [-0.25, -0.2) is 14.5 Å². The molecule has 1 aliphatic heterocycles. The minimum Gasteiger partial charge on any atom is -0.459 e. The summed E-state index contributed by atoms with van der Waals surface area (Å²) >= 11 is 0. The Morgan fingerprint density at radius 1 is 0.975 bits per heavy atom. The number of benzene rings is 1. The van der Waals surface area contributed by atoms with E-state index in [0.29, 0.717) is 11.3 Å². The molecule has 0 spiro atoms. The Kier molecular flexibility index (Phi) is 10.5. The standard InChI is InChI=1S/C29H42N4O7/c1-10-21-24(18(2)3)32(27(38)33(25(21)36)17-23(35)39-28(4,5)6)16-19-11-13-20(14-12-19)31-22(34)15-30-26(37)40-29(7,8)9/h10-14,18,24H,15-17H2,1-9H3,(H,30,37)(H,31,34)/b21-10-. The summed E-state index contributed by atoms with van der Waals surface area (Å²) in [5.41, 5.74) is 0.256. The molecule has 220 valence electrons. The molecule has 0 radical (unpaired) electrons. The fraction of sp³-hybridized carbons (Fsp3) is 0.552. The van der Waals surface area contributed by atoms with Crippen LogP contribution < -0.4 is 10.6 Å². The van der Waals surface area contributed by atoms with Crippen molar-refractivity contribution in [2.45, 2.75) is 86.1 Å². The number of ether oxygens (including phenoxy) is 2. The molecule has 2 N–H and O–H groups in total. The smallest absolute Gasteiger partial charge is 0.408 e. The van der Waals surface area contributed by atoms with Crippen LogP contribution in [0.3, 0.4) is 0 Å². The zero-order valence-electron chi connectivity index (χ0n) is 24.9. The Bertz CT molecular complexity index is 1140. The normalized spacial score (nSPS) is 17.2. The summed E-state index contributed by atoms with van der Waals surface area (Å²) in [6.45, 7) is 15.3. The van der Waals surface area contributed by atoms with Crippen LogP contribution in [0.4, 0.5) is 15.3 Å². The largest absolute Gasteiger partial charge is 0.459 e. The van der Waals surface area contributed by atoms with Crippen LogP contribution in [-0.4, -0.2) is 70.0 Å². The Hall–Kier alpha value is -3.89. The third-order valence-electron chi connectivity index (χ3n) is 5.66. The lowest BCUT2D eigenvalue weighted by Gasteiger charge is -2.43. The molecule has 1 saturated heterocycles. The van der Waals surface area contributed by atoms with Gasteiger partial charge in [0.15, 0.2) is 0 Å². The molecule has 1 aromatic carbocycles. The van der Waals surface area contributed by atoms with Crippen molar-refractivity contribution in [3.05, 3.63) is 41.5 Å². The second-order valence-corrected chi connectivity index (χ2v) is 11.9. The number of carbonyl (C=O) groups excluding carboxylic acids is 5. The topological polar surface area (TPSA) is 134 Å². The highest BCUT2D eigenvalue weighted by Crippen LogP contribution is 2.30. The number of allylic oxidation sites excluding steroid dienone is 1. The van der Waals surface area contributed by atoms with Crippen LogP contribution in [0.5, 0.6) is 0 Å². The predicted molar refractivity (Wildman–Crippen MR) is 150 cm³/mol. The molecule has 0 aliphatic carbocycles. The maximum absolute atomic E-state index is 13.5. The number of alkyl carbamates (subject to hydrolysis) is 1. The van der Waals surface area contributed by atoms with Crippen LogP contribution in [0.25, 0.3) is 0 Å². The van der Waals surface area contributed by atoms with Crippen LogP contribution in [-0.2, 0) is 30.4 Å². The zero-order chi connectivity index (χ0) is 30.4. The third-order valence-corrected chi connectivity index (χ3v) is 5.66. The van der Waals surface area contributed by atoms with E-state index < -0.39 is 53.7 Å². The fourth-order valence-corrected chi connectivity index (χ4v) is 4.19. The summed E-state index contributed by atoms with van der Waals surface area (Å²) in [4.78, 5) is 65.7. The Morgan fingerprint density at radius 3 is 2.05 bits per heavy atom. The molecule has 11 heteroatoms. The van der Waals surface area contributed by atoms with Gasteiger partial charge in [0.25, 0.3) is 5.91 Å². The maximum atomic E-state index is 13.5. The van der Waals surface area contributed by atoms with Gasteiger partial charge in [-0.2, -0.15) is 0 Å². The summed E-state index contributed by atoms with van der Waals surface area (Å²) in [6.07, 6.45) is 0.988. The number of anilines is 1. The van der Waals surface area contributed by atoms with Gasteiger partial charge in [-0.05, 0) is 72.1 Å². The fourth-order valence-electron chi connectivity index (χ4n) is 4.19. The van der Waals surface area contributed by atoms with Gasteiger partial charge >= 0.3 is 18.1 Å². The van der Waals surface area contributed by atoms with Crippen LogP contribution in [0.15, 0.2) is 35.9 Å². The first kappa shape index (κ1) is 32.3. The molecular weight excluding hydrogens is 516 g/mol. The van der Waals surface area contributed by atoms with E-state index in [1.807, 2.05) is 13.8 Å². The summed E-state index contributed by atoms with van der Waals surface area (Å²) < 4.78 is 10.5. The highest BCUT2D eigenvalue weighted by Gasteiger charge is 2.44. The van der Waals surface area contributed by atoms with E-state index in [0.717, 1.165) is 10.5 Å². The van der Waals surface area contributed by atoms with E-state index in [1.54, 1.807) is 83.7 Å². The van der Waals surface area contributed by atoms with Crippen molar-refractivity contribution < 1.29 is 33.4 Å². The number of imide groups is 1. The quantitative estimate of drug-likeness (QED) is 0.360. The summed E-state index contributed by atoms with van der Waals surface area (Å²) in [7, 11) is 0. The maximum Gasteiger partial charge on any atom is 0.408 e. The molecule has 1 heterocycles. The van der Waals surface area contributed by atoms with Crippen LogP contribution >= 0.6 is 0 Å². The first-order valence-electron chi connectivity index (χ1n) is 13.3. The molecule has 2 rings (SSSR count). The average Bonchev–Trinajstić information content (AvgIpc) is 2.80. The molecule has 1 aliphatic rings. The van der Waals surface area contributed by atoms with Crippen molar-refractivity contribution in [2.75, 3.05) is 18.4 Å². The molecule has 1 aromatic rings. The Labute approximate surface area is 236 Å². The molecule has 1 atom stereocenters.